The number of carbonyl (C=O) groups is 1. The molecule has 1 fully saturated rings. The van der Waals surface area contributed by atoms with Crippen LogP contribution in [-0.2, 0) is 4.74 Å². The number of amides is 1. The van der Waals surface area contributed by atoms with Crippen LogP contribution < -0.4 is 10.2 Å². The van der Waals surface area contributed by atoms with E-state index in [1.54, 1.807) is 6.92 Å². The van der Waals surface area contributed by atoms with Crippen molar-refractivity contribution in [1.29, 1.82) is 0 Å². The Morgan fingerprint density at radius 2 is 2.00 bits per heavy atom. The SMILES string of the molecule is C=C(C)c1cc(N2CCC(CCNC(=O)OC(C)(C)C)CC2)c([N+](=O)[O-])cc1F. The van der Waals surface area contributed by atoms with Crippen LogP contribution in [0.2, 0.25) is 0 Å². The smallest absolute Gasteiger partial charge is 0.407 e. The van der Waals surface area contributed by atoms with Gasteiger partial charge in [-0.25, -0.2) is 9.18 Å². The molecule has 1 saturated heterocycles. The van der Waals surface area contributed by atoms with Crippen LogP contribution in [0.15, 0.2) is 18.7 Å². The van der Waals surface area contributed by atoms with E-state index in [1.165, 1.54) is 6.07 Å². The van der Waals surface area contributed by atoms with Crippen molar-refractivity contribution in [1.82, 2.24) is 5.32 Å². The predicted molar refractivity (Wildman–Crippen MR) is 112 cm³/mol. The molecule has 1 aromatic carbocycles. The van der Waals surface area contributed by atoms with Crippen LogP contribution in [0, 0.1) is 21.8 Å². The van der Waals surface area contributed by atoms with E-state index in [1.807, 2.05) is 25.7 Å². The van der Waals surface area contributed by atoms with Crippen LogP contribution in [0.3, 0.4) is 0 Å². The van der Waals surface area contributed by atoms with E-state index in [4.69, 9.17) is 4.74 Å². The van der Waals surface area contributed by atoms with Gasteiger partial charge in [0.05, 0.1) is 11.0 Å². The van der Waals surface area contributed by atoms with Crippen molar-refractivity contribution in [3.8, 4) is 0 Å². The molecule has 1 heterocycles. The summed E-state index contributed by atoms with van der Waals surface area (Å²) in [6.45, 7) is 12.7. The van der Waals surface area contributed by atoms with Crippen LogP contribution in [-0.4, -0.2) is 36.3 Å². The van der Waals surface area contributed by atoms with Gasteiger partial charge in [0.1, 0.15) is 17.1 Å². The van der Waals surface area contributed by atoms with Gasteiger partial charge in [0, 0.05) is 25.2 Å². The molecule has 0 radical (unpaired) electrons. The van der Waals surface area contributed by atoms with E-state index in [0.29, 0.717) is 42.4 Å². The zero-order valence-corrected chi connectivity index (χ0v) is 17.6. The number of ether oxygens (including phenoxy) is 1. The number of piperidine rings is 1. The summed E-state index contributed by atoms with van der Waals surface area (Å²) in [4.78, 5) is 24.5. The first-order valence-corrected chi connectivity index (χ1v) is 9.83. The van der Waals surface area contributed by atoms with Crippen LogP contribution in [0.25, 0.3) is 5.57 Å². The number of halogens is 1. The monoisotopic (exact) mass is 407 g/mol. The Hall–Kier alpha value is -2.64. The predicted octanol–water partition coefficient (Wildman–Crippen LogP) is 4.90. The molecule has 0 bridgehead atoms. The summed E-state index contributed by atoms with van der Waals surface area (Å²) in [6, 6.07) is 2.51. The second-order valence-corrected chi connectivity index (χ2v) is 8.51. The number of hydrogen-bond acceptors (Lipinski definition) is 5. The number of nitrogens with zero attached hydrogens (tertiary/aromatic N) is 2. The van der Waals surface area contributed by atoms with Gasteiger partial charge in [-0.05, 0) is 64.5 Å². The standard InChI is InChI=1S/C21H30FN3O4/c1-14(2)16-12-18(19(25(27)28)13-17(16)22)24-10-7-15(8-11-24)6-9-23-20(26)29-21(3,4)5/h12-13,15H,1,6-11H2,2-5H3,(H,23,26). The van der Waals surface area contributed by atoms with Crippen molar-refractivity contribution in [2.75, 3.05) is 24.5 Å². The lowest BCUT2D eigenvalue weighted by Crippen LogP contribution is -2.37. The molecule has 1 aliphatic heterocycles. The Balaban J connectivity index is 1.95. The Labute approximate surface area is 171 Å². The minimum atomic E-state index is -0.629. The van der Waals surface area contributed by atoms with Crippen molar-refractivity contribution in [2.45, 2.75) is 52.6 Å². The Morgan fingerprint density at radius 1 is 1.38 bits per heavy atom. The molecule has 160 valence electrons. The third kappa shape index (κ3) is 6.44. The highest BCUT2D eigenvalue weighted by molar-refractivity contribution is 5.73. The summed E-state index contributed by atoms with van der Waals surface area (Å²) in [5.41, 5.74) is 0.510. The van der Waals surface area contributed by atoms with Gasteiger partial charge in [-0.1, -0.05) is 6.58 Å². The van der Waals surface area contributed by atoms with E-state index < -0.39 is 22.4 Å². The van der Waals surface area contributed by atoms with Crippen molar-refractivity contribution in [3.05, 3.63) is 40.2 Å². The zero-order chi connectivity index (χ0) is 21.8. The summed E-state index contributed by atoms with van der Waals surface area (Å²) in [5.74, 6) is -0.225. The first kappa shape index (κ1) is 22.6. The molecule has 8 heteroatoms. The summed E-state index contributed by atoms with van der Waals surface area (Å²) < 4.78 is 19.4. The average Bonchev–Trinajstić information content (AvgIpc) is 2.60. The Kier molecular flexibility index (Phi) is 7.21. The first-order valence-electron chi connectivity index (χ1n) is 9.83. The number of nitrogens with one attached hydrogen (secondary N) is 1. The number of rotatable bonds is 6. The molecule has 0 aliphatic carbocycles. The van der Waals surface area contributed by atoms with Crippen LogP contribution >= 0.6 is 0 Å². The number of nitro groups is 1. The zero-order valence-electron chi connectivity index (χ0n) is 17.6. The lowest BCUT2D eigenvalue weighted by atomic mass is 9.93. The molecule has 1 N–H and O–H groups in total. The van der Waals surface area contributed by atoms with Crippen molar-refractivity contribution < 1.29 is 18.8 Å². The Bertz CT molecular complexity index is 781. The molecule has 7 nitrogen and oxygen atoms in total. The third-order valence-electron chi connectivity index (χ3n) is 4.90. The molecule has 0 spiro atoms. The molecule has 29 heavy (non-hydrogen) atoms. The van der Waals surface area contributed by atoms with E-state index in [-0.39, 0.29) is 5.69 Å². The Morgan fingerprint density at radius 3 is 2.52 bits per heavy atom. The van der Waals surface area contributed by atoms with Crippen molar-refractivity contribution in [3.63, 3.8) is 0 Å². The molecule has 1 aromatic rings. The minimum Gasteiger partial charge on any atom is -0.444 e. The number of hydrogen-bond donors (Lipinski definition) is 1. The van der Waals surface area contributed by atoms with Gasteiger partial charge in [0.2, 0.25) is 0 Å². The number of carbonyl (C=O) groups excluding carboxylic acids is 1. The molecule has 1 amide bonds. The maximum atomic E-state index is 14.1. The summed E-state index contributed by atoms with van der Waals surface area (Å²) in [5, 5.41) is 14.2. The van der Waals surface area contributed by atoms with Gasteiger partial charge in [-0.2, -0.15) is 0 Å². The topological polar surface area (TPSA) is 84.7 Å². The van der Waals surface area contributed by atoms with E-state index >= 15 is 0 Å². The van der Waals surface area contributed by atoms with Gasteiger partial charge >= 0.3 is 6.09 Å². The van der Waals surface area contributed by atoms with Crippen molar-refractivity contribution >= 4 is 23.0 Å². The quantitative estimate of drug-likeness (QED) is 0.536. The number of nitro benzene ring substituents is 1. The minimum absolute atomic E-state index is 0.224. The molecular weight excluding hydrogens is 377 g/mol. The van der Waals surface area contributed by atoms with Gasteiger partial charge in [-0.15, -0.1) is 0 Å². The largest absolute Gasteiger partial charge is 0.444 e. The average molecular weight is 407 g/mol. The highest BCUT2D eigenvalue weighted by Gasteiger charge is 2.27. The van der Waals surface area contributed by atoms with Gasteiger partial charge in [-0.3, -0.25) is 10.1 Å². The molecule has 0 saturated carbocycles. The molecule has 0 aromatic heterocycles. The van der Waals surface area contributed by atoms with Crippen LogP contribution in [0.1, 0.15) is 52.5 Å². The normalized spacial score (nSPS) is 15.1. The number of allylic oxidation sites excluding steroid dienone is 1. The van der Waals surface area contributed by atoms with E-state index in [0.717, 1.165) is 25.3 Å². The maximum absolute atomic E-state index is 14.1. The van der Waals surface area contributed by atoms with Gasteiger partial charge in [0.25, 0.3) is 5.69 Å². The molecular formula is C21H30FN3O4. The van der Waals surface area contributed by atoms with E-state index in [9.17, 15) is 19.3 Å². The van der Waals surface area contributed by atoms with Gasteiger partial charge < -0.3 is 15.0 Å². The summed E-state index contributed by atoms with van der Waals surface area (Å²) in [7, 11) is 0. The fraction of sp³-hybridized carbons (Fsp3) is 0.571. The molecule has 1 aliphatic rings. The number of benzene rings is 1. The maximum Gasteiger partial charge on any atom is 0.407 e. The van der Waals surface area contributed by atoms with Crippen molar-refractivity contribution in [2.24, 2.45) is 5.92 Å². The fourth-order valence-corrected chi connectivity index (χ4v) is 3.43. The third-order valence-corrected chi connectivity index (χ3v) is 4.90. The first-order chi connectivity index (χ1) is 13.5. The number of alkyl carbamates (subject to hydrolysis) is 1. The highest BCUT2D eigenvalue weighted by atomic mass is 19.1. The van der Waals surface area contributed by atoms with Gasteiger partial charge in [0.15, 0.2) is 0 Å². The fourth-order valence-electron chi connectivity index (χ4n) is 3.43. The second-order valence-electron chi connectivity index (χ2n) is 8.51. The molecule has 0 unspecified atom stereocenters. The van der Waals surface area contributed by atoms with E-state index in [2.05, 4.69) is 11.9 Å². The molecule has 2 rings (SSSR count). The van der Waals surface area contributed by atoms with Crippen LogP contribution in [0.4, 0.5) is 20.6 Å². The summed E-state index contributed by atoms with van der Waals surface area (Å²) in [6.07, 6.45) is 2.07. The lowest BCUT2D eigenvalue weighted by Gasteiger charge is -2.33. The second kappa shape index (κ2) is 9.24. The highest BCUT2D eigenvalue weighted by Crippen LogP contribution is 2.35. The van der Waals surface area contributed by atoms with Crippen LogP contribution in [0.5, 0.6) is 0 Å². The lowest BCUT2D eigenvalue weighted by molar-refractivity contribution is -0.384. The molecule has 0 atom stereocenters. The summed E-state index contributed by atoms with van der Waals surface area (Å²) >= 11 is 0. The number of anilines is 1.